The van der Waals surface area contributed by atoms with Crippen molar-refractivity contribution in [1.29, 1.82) is 0 Å². The summed E-state index contributed by atoms with van der Waals surface area (Å²) in [7, 11) is 1.75. The molecule has 2 aromatic heterocycles. The van der Waals surface area contributed by atoms with E-state index in [2.05, 4.69) is 20.6 Å². The van der Waals surface area contributed by atoms with Crippen molar-refractivity contribution in [3.63, 3.8) is 0 Å². The molecule has 1 aromatic carbocycles. The van der Waals surface area contributed by atoms with Crippen molar-refractivity contribution < 1.29 is 13.6 Å². The number of hydrogen-bond donors (Lipinski definition) is 1. The van der Waals surface area contributed by atoms with Gasteiger partial charge in [-0.2, -0.15) is 5.10 Å². The van der Waals surface area contributed by atoms with Gasteiger partial charge in [0, 0.05) is 18.1 Å². The second-order valence-electron chi connectivity index (χ2n) is 4.54. The van der Waals surface area contributed by atoms with E-state index in [1.807, 2.05) is 0 Å². The van der Waals surface area contributed by atoms with E-state index in [0.29, 0.717) is 5.69 Å². The summed E-state index contributed by atoms with van der Waals surface area (Å²) in [6.45, 7) is 0. The van der Waals surface area contributed by atoms with E-state index in [0.717, 1.165) is 4.90 Å². The zero-order valence-electron chi connectivity index (χ0n) is 12.1. The van der Waals surface area contributed by atoms with Crippen LogP contribution in [0.3, 0.4) is 0 Å². The third-order valence-electron chi connectivity index (χ3n) is 2.89. The molecule has 118 valence electrons. The second-order valence-corrected chi connectivity index (χ2v) is 5.59. The van der Waals surface area contributed by atoms with Crippen molar-refractivity contribution in [3.05, 3.63) is 42.3 Å². The molecule has 0 aliphatic heterocycles. The number of anilines is 1. The van der Waals surface area contributed by atoms with Crippen LogP contribution in [0.2, 0.25) is 0 Å². The molecule has 3 rings (SSSR count). The lowest BCUT2D eigenvalue weighted by atomic mass is 10.4. The third-order valence-corrected chi connectivity index (χ3v) is 3.91. The molecule has 0 unspecified atom stereocenters. The molecule has 23 heavy (non-hydrogen) atoms. The minimum atomic E-state index is -0.313. The van der Waals surface area contributed by atoms with Gasteiger partial charge in [0.1, 0.15) is 11.5 Å². The average Bonchev–Trinajstić information content (AvgIpc) is 3.15. The number of thioether (sulfide) groups is 1. The summed E-state index contributed by atoms with van der Waals surface area (Å²) >= 11 is 1.28. The van der Waals surface area contributed by atoms with E-state index < -0.39 is 0 Å². The van der Waals surface area contributed by atoms with E-state index in [-0.39, 0.29) is 29.4 Å². The SMILES string of the molecule is Cn1nccc1-c1nnc(NC(=O)CSc2ccc(F)cc2)o1. The number of rotatable bonds is 5. The molecule has 2 heterocycles. The van der Waals surface area contributed by atoms with Gasteiger partial charge in [0.05, 0.1) is 5.75 Å². The Hall–Kier alpha value is -2.68. The molecule has 0 fully saturated rings. The number of hydrogen-bond acceptors (Lipinski definition) is 6. The van der Waals surface area contributed by atoms with E-state index in [9.17, 15) is 9.18 Å². The topological polar surface area (TPSA) is 85.8 Å². The Morgan fingerprint density at radius 1 is 1.30 bits per heavy atom. The van der Waals surface area contributed by atoms with Crippen LogP contribution in [0.5, 0.6) is 0 Å². The summed E-state index contributed by atoms with van der Waals surface area (Å²) in [5, 5.41) is 14.2. The first kappa shape index (κ1) is 15.2. The number of carbonyl (C=O) groups excluding carboxylic acids is 1. The smallest absolute Gasteiger partial charge is 0.322 e. The highest BCUT2D eigenvalue weighted by Crippen LogP contribution is 2.20. The summed E-state index contributed by atoms with van der Waals surface area (Å²) < 4.78 is 19.8. The van der Waals surface area contributed by atoms with E-state index in [4.69, 9.17) is 4.42 Å². The Kier molecular flexibility index (Phi) is 4.38. The van der Waals surface area contributed by atoms with Gasteiger partial charge in [0.2, 0.25) is 5.91 Å². The van der Waals surface area contributed by atoms with Crippen molar-refractivity contribution in [2.75, 3.05) is 11.1 Å². The highest BCUT2D eigenvalue weighted by atomic mass is 32.2. The third kappa shape index (κ3) is 3.75. The quantitative estimate of drug-likeness (QED) is 0.721. The monoisotopic (exact) mass is 333 g/mol. The van der Waals surface area contributed by atoms with Crippen LogP contribution in [-0.2, 0) is 11.8 Å². The fourth-order valence-electron chi connectivity index (χ4n) is 1.80. The van der Waals surface area contributed by atoms with Crippen molar-refractivity contribution in [1.82, 2.24) is 20.0 Å². The summed E-state index contributed by atoms with van der Waals surface area (Å²) in [5.74, 6) is -0.187. The highest BCUT2D eigenvalue weighted by Gasteiger charge is 2.13. The van der Waals surface area contributed by atoms with Gasteiger partial charge in [-0.25, -0.2) is 4.39 Å². The lowest BCUT2D eigenvalue weighted by Crippen LogP contribution is -2.14. The van der Waals surface area contributed by atoms with Gasteiger partial charge in [-0.15, -0.1) is 16.9 Å². The number of benzene rings is 1. The van der Waals surface area contributed by atoms with Crippen molar-refractivity contribution >= 4 is 23.7 Å². The van der Waals surface area contributed by atoms with Gasteiger partial charge in [-0.05, 0) is 30.3 Å². The minimum Gasteiger partial charge on any atom is -0.401 e. The number of nitrogens with zero attached hydrogens (tertiary/aromatic N) is 4. The summed E-state index contributed by atoms with van der Waals surface area (Å²) in [5.41, 5.74) is 0.652. The zero-order chi connectivity index (χ0) is 16.2. The van der Waals surface area contributed by atoms with Crippen LogP contribution in [0.25, 0.3) is 11.6 Å². The van der Waals surface area contributed by atoms with Crippen LogP contribution in [-0.4, -0.2) is 31.6 Å². The number of aryl methyl sites for hydroxylation is 1. The Balaban J connectivity index is 1.57. The predicted octanol–water partition coefficient (Wildman–Crippen LogP) is 2.34. The average molecular weight is 333 g/mol. The molecule has 9 heteroatoms. The van der Waals surface area contributed by atoms with E-state index in [1.165, 1.54) is 23.9 Å². The fraction of sp³-hybridized carbons (Fsp3) is 0.143. The first-order valence-corrected chi connectivity index (χ1v) is 7.60. The maximum atomic E-state index is 12.8. The van der Waals surface area contributed by atoms with Crippen LogP contribution < -0.4 is 5.32 Å². The minimum absolute atomic E-state index is 0.0194. The first-order chi connectivity index (χ1) is 11.1. The molecule has 0 spiro atoms. The Morgan fingerprint density at radius 3 is 2.78 bits per heavy atom. The molecule has 3 aromatic rings. The summed E-state index contributed by atoms with van der Waals surface area (Å²) in [4.78, 5) is 12.7. The molecule has 7 nitrogen and oxygen atoms in total. The molecule has 0 aliphatic rings. The van der Waals surface area contributed by atoms with Crippen LogP contribution in [0.1, 0.15) is 0 Å². The highest BCUT2D eigenvalue weighted by molar-refractivity contribution is 8.00. The molecular weight excluding hydrogens is 321 g/mol. The molecule has 1 N–H and O–H groups in total. The molecule has 0 saturated carbocycles. The molecule has 0 bridgehead atoms. The van der Waals surface area contributed by atoms with Gasteiger partial charge in [0.25, 0.3) is 5.89 Å². The van der Waals surface area contributed by atoms with Crippen LogP contribution in [0.4, 0.5) is 10.4 Å². The standard InChI is InChI=1S/C14H12FN5O2S/c1-20-11(6-7-16-20)13-18-19-14(22-13)17-12(21)8-23-10-4-2-9(15)3-5-10/h2-7H,8H2,1H3,(H,17,19,21). The van der Waals surface area contributed by atoms with Crippen LogP contribution >= 0.6 is 11.8 Å². The lowest BCUT2D eigenvalue weighted by Gasteiger charge is -2.01. The number of halogens is 1. The summed E-state index contributed by atoms with van der Waals surface area (Å²) in [6, 6.07) is 7.66. The molecule has 0 atom stereocenters. The number of amides is 1. The molecule has 0 aliphatic carbocycles. The van der Waals surface area contributed by atoms with Gasteiger partial charge in [-0.1, -0.05) is 5.10 Å². The molecular formula is C14H12FN5O2S. The van der Waals surface area contributed by atoms with Gasteiger partial charge < -0.3 is 4.42 Å². The maximum absolute atomic E-state index is 12.8. The van der Waals surface area contributed by atoms with E-state index >= 15 is 0 Å². The van der Waals surface area contributed by atoms with Crippen molar-refractivity contribution in [2.45, 2.75) is 4.90 Å². The summed E-state index contributed by atoms with van der Waals surface area (Å²) in [6.07, 6.45) is 1.61. The molecule has 0 saturated heterocycles. The normalized spacial score (nSPS) is 10.7. The predicted molar refractivity (Wildman–Crippen MR) is 82.3 cm³/mol. The first-order valence-electron chi connectivity index (χ1n) is 6.62. The largest absolute Gasteiger partial charge is 0.401 e. The Morgan fingerprint density at radius 2 is 2.09 bits per heavy atom. The van der Waals surface area contributed by atoms with E-state index in [1.54, 1.807) is 36.1 Å². The van der Waals surface area contributed by atoms with Gasteiger partial charge in [0.15, 0.2) is 0 Å². The van der Waals surface area contributed by atoms with Crippen molar-refractivity contribution in [3.8, 4) is 11.6 Å². The van der Waals surface area contributed by atoms with Gasteiger partial charge in [-0.3, -0.25) is 14.8 Å². The lowest BCUT2D eigenvalue weighted by molar-refractivity contribution is -0.113. The molecule has 1 amide bonds. The number of carbonyl (C=O) groups is 1. The van der Waals surface area contributed by atoms with Crippen LogP contribution in [0.15, 0.2) is 45.8 Å². The zero-order valence-corrected chi connectivity index (χ0v) is 12.9. The second kappa shape index (κ2) is 6.61. The molecule has 0 radical (unpaired) electrons. The van der Waals surface area contributed by atoms with Crippen molar-refractivity contribution in [2.24, 2.45) is 7.05 Å². The van der Waals surface area contributed by atoms with Crippen LogP contribution in [0, 0.1) is 5.82 Å². The number of nitrogens with one attached hydrogen (secondary N) is 1. The Labute approximate surface area is 134 Å². The fourth-order valence-corrected chi connectivity index (χ4v) is 2.49. The number of aromatic nitrogens is 4. The Bertz CT molecular complexity index is 815. The maximum Gasteiger partial charge on any atom is 0.322 e. The van der Waals surface area contributed by atoms with Gasteiger partial charge >= 0.3 is 6.01 Å².